The van der Waals surface area contributed by atoms with Crippen LogP contribution in [-0.4, -0.2) is 70.7 Å². The van der Waals surface area contributed by atoms with Crippen molar-refractivity contribution in [2.75, 3.05) is 38.6 Å². The molecule has 9 heteroatoms. The molecule has 0 unspecified atom stereocenters. The van der Waals surface area contributed by atoms with Crippen LogP contribution in [0.25, 0.3) is 0 Å². The van der Waals surface area contributed by atoms with E-state index >= 15 is 0 Å². The van der Waals surface area contributed by atoms with Crippen molar-refractivity contribution in [3.8, 4) is 0 Å². The van der Waals surface area contributed by atoms with Crippen LogP contribution in [-0.2, 0) is 23.1 Å². The van der Waals surface area contributed by atoms with Crippen LogP contribution in [0.1, 0.15) is 33.3 Å². The first kappa shape index (κ1) is 20.5. The van der Waals surface area contributed by atoms with Crippen molar-refractivity contribution < 1.29 is 19.1 Å². The minimum atomic E-state index is -0.612. The number of amides is 2. The summed E-state index contributed by atoms with van der Waals surface area (Å²) >= 11 is 0. The first-order chi connectivity index (χ1) is 13.9. The molecule has 1 aliphatic rings. The van der Waals surface area contributed by atoms with E-state index in [9.17, 15) is 14.4 Å². The predicted octanol–water partition coefficient (Wildman–Crippen LogP) is 1.12. The summed E-state index contributed by atoms with van der Waals surface area (Å²) in [5.74, 6) is -0.837. The number of anilines is 1. The minimum absolute atomic E-state index is 0.0582. The number of hydrogen-bond donors (Lipinski definition) is 1. The van der Waals surface area contributed by atoms with Crippen LogP contribution in [0.3, 0.4) is 0 Å². The SMILES string of the molecule is COC(=O)c1nn(C)cc1NC(=O)c1cccc(CN2CCN(C(C)=O)CC2)c1. The van der Waals surface area contributed by atoms with Gasteiger partial charge in [0, 0.05) is 58.5 Å². The van der Waals surface area contributed by atoms with Crippen molar-refractivity contribution in [3.05, 3.63) is 47.3 Å². The Labute approximate surface area is 169 Å². The number of carbonyl (C=O) groups excluding carboxylic acids is 3. The number of rotatable bonds is 5. The normalized spacial score (nSPS) is 14.5. The highest BCUT2D eigenvalue weighted by molar-refractivity contribution is 6.07. The highest BCUT2D eigenvalue weighted by atomic mass is 16.5. The lowest BCUT2D eigenvalue weighted by Crippen LogP contribution is -2.47. The number of aryl methyl sites for hydroxylation is 1. The monoisotopic (exact) mass is 399 g/mol. The number of esters is 1. The molecule has 1 aromatic heterocycles. The first-order valence-corrected chi connectivity index (χ1v) is 9.37. The number of ether oxygens (including phenoxy) is 1. The summed E-state index contributed by atoms with van der Waals surface area (Å²) in [5, 5.41) is 6.77. The summed E-state index contributed by atoms with van der Waals surface area (Å²) in [5.41, 5.74) is 1.86. The van der Waals surface area contributed by atoms with Crippen molar-refractivity contribution in [2.45, 2.75) is 13.5 Å². The molecule has 2 aromatic rings. The van der Waals surface area contributed by atoms with Gasteiger partial charge in [-0.3, -0.25) is 19.2 Å². The summed E-state index contributed by atoms with van der Waals surface area (Å²) in [7, 11) is 2.93. The Morgan fingerprint density at radius 3 is 2.55 bits per heavy atom. The Kier molecular flexibility index (Phi) is 6.28. The van der Waals surface area contributed by atoms with Crippen LogP contribution in [0.4, 0.5) is 5.69 Å². The summed E-state index contributed by atoms with van der Waals surface area (Å²) in [6.45, 7) is 5.32. The highest BCUT2D eigenvalue weighted by Gasteiger charge is 2.20. The van der Waals surface area contributed by atoms with Crippen LogP contribution in [0.2, 0.25) is 0 Å². The van der Waals surface area contributed by atoms with E-state index in [1.807, 2.05) is 23.1 Å². The number of aromatic nitrogens is 2. The van der Waals surface area contributed by atoms with Crippen molar-refractivity contribution in [1.82, 2.24) is 19.6 Å². The Morgan fingerprint density at radius 2 is 1.90 bits per heavy atom. The van der Waals surface area contributed by atoms with Gasteiger partial charge in [0.2, 0.25) is 5.91 Å². The third-order valence-corrected chi connectivity index (χ3v) is 4.87. The Hall–Kier alpha value is -3.20. The zero-order valence-corrected chi connectivity index (χ0v) is 16.8. The summed E-state index contributed by atoms with van der Waals surface area (Å²) < 4.78 is 6.15. The standard InChI is InChI=1S/C20H25N5O4/c1-14(26)25-9-7-24(8-10-25)12-15-5-4-6-16(11-15)19(27)21-17-13-23(2)22-18(17)20(28)29-3/h4-6,11,13H,7-10,12H2,1-3H3,(H,21,27). The van der Waals surface area contributed by atoms with Gasteiger partial charge in [-0.25, -0.2) is 4.79 Å². The number of hydrogen-bond acceptors (Lipinski definition) is 6. The molecule has 0 bridgehead atoms. The van der Waals surface area contributed by atoms with Crippen LogP contribution in [0, 0.1) is 0 Å². The maximum Gasteiger partial charge on any atom is 0.360 e. The molecule has 2 heterocycles. The van der Waals surface area contributed by atoms with Crippen molar-refractivity contribution >= 4 is 23.5 Å². The Morgan fingerprint density at radius 1 is 1.17 bits per heavy atom. The molecular formula is C20H25N5O4. The third kappa shape index (κ3) is 5.00. The predicted molar refractivity (Wildman–Crippen MR) is 106 cm³/mol. The number of piperazine rings is 1. The number of nitrogens with one attached hydrogen (secondary N) is 1. The van der Waals surface area contributed by atoms with Gasteiger partial charge in [0.25, 0.3) is 5.91 Å². The van der Waals surface area contributed by atoms with Gasteiger partial charge in [-0.15, -0.1) is 0 Å². The van der Waals surface area contributed by atoms with E-state index < -0.39 is 5.97 Å². The second kappa shape index (κ2) is 8.87. The van der Waals surface area contributed by atoms with E-state index in [2.05, 4.69) is 15.3 Å². The Balaban J connectivity index is 1.66. The van der Waals surface area contributed by atoms with E-state index in [1.54, 1.807) is 26.2 Å². The van der Waals surface area contributed by atoms with Gasteiger partial charge in [-0.2, -0.15) is 5.10 Å². The van der Waals surface area contributed by atoms with Crippen LogP contribution in [0.5, 0.6) is 0 Å². The lowest BCUT2D eigenvalue weighted by Gasteiger charge is -2.34. The topological polar surface area (TPSA) is 96.8 Å². The lowest BCUT2D eigenvalue weighted by molar-refractivity contribution is -0.130. The second-order valence-electron chi connectivity index (χ2n) is 6.99. The fourth-order valence-electron chi connectivity index (χ4n) is 3.31. The third-order valence-electron chi connectivity index (χ3n) is 4.87. The van der Waals surface area contributed by atoms with Gasteiger partial charge in [0.15, 0.2) is 5.69 Å². The van der Waals surface area contributed by atoms with Gasteiger partial charge in [-0.05, 0) is 17.7 Å². The molecule has 0 saturated carbocycles. The highest BCUT2D eigenvalue weighted by Crippen LogP contribution is 2.17. The van der Waals surface area contributed by atoms with E-state index in [0.717, 1.165) is 18.7 Å². The summed E-state index contributed by atoms with van der Waals surface area (Å²) in [6.07, 6.45) is 1.56. The molecule has 154 valence electrons. The van der Waals surface area contributed by atoms with Gasteiger partial charge in [0.1, 0.15) is 0 Å². The fourth-order valence-corrected chi connectivity index (χ4v) is 3.31. The van der Waals surface area contributed by atoms with Gasteiger partial charge < -0.3 is 15.0 Å². The molecule has 1 aromatic carbocycles. The Bertz CT molecular complexity index is 915. The molecule has 1 aliphatic heterocycles. The minimum Gasteiger partial charge on any atom is -0.464 e. The molecule has 9 nitrogen and oxygen atoms in total. The van der Waals surface area contributed by atoms with Gasteiger partial charge in [0.05, 0.1) is 12.8 Å². The van der Waals surface area contributed by atoms with Crippen LogP contribution < -0.4 is 5.32 Å². The fraction of sp³-hybridized carbons (Fsp3) is 0.400. The molecular weight excluding hydrogens is 374 g/mol. The average Bonchev–Trinajstić information content (AvgIpc) is 3.08. The molecule has 0 spiro atoms. The lowest BCUT2D eigenvalue weighted by atomic mass is 10.1. The molecule has 1 N–H and O–H groups in total. The molecule has 1 fully saturated rings. The van der Waals surface area contributed by atoms with Crippen LogP contribution in [0.15, 0.2) is 30.5 Å². The number of benzene rings is 1. The molecule has 0 atom stereocenters. The smallest absolute Gasteiger partial charge is 0.360 e. The number of nitrogens with zero attached hydrogens (tertiary/aromatic N) is 4. The number of methoxy groups -OCH3 is 1. The molecule has 1 saturated heterocycles. The number of carbonyl (C=O) groups is 3. The zero-order chi connectivity index (χ0) is 21.0. The summed E-state index contributed by atoms with van der Waals surface area (Å²) in [6, 6.07) is 7.36. The van der Waals surface area contributed by atoms with Crippen LogP contribution >= 0.6 is 0 Å². The van der Waals surface area contributed by atoms with E-state index in [1.165, 1.54) is 11.8 Å². The van der Waals surface area contributed by atoms with Crippen molar-refractivity contribution in [2.24, 2.45) is 7.05 Å². The molecule has 3 rings (SSSR count). The first-order valence-electron chi connectivity index (χ1n) is 9.37. The van der Waals surface area contributed by atoms with Gasteiger partial charge >= 0.3 is 5.97 Å². The summed E-state index contributed by atoms with van der Waals surface area (Å²) in [4.78, 5) is 40.1. The largest absolute Gasteiger partial charge is 0.464 e. The van der Waals surface area contributed by atoms with Crippen molar-refractivity contribution in [1.29, 1.82) is 0 Å². The molecule has 0 aliphatic carbocycles. The zero-order valence-electron chi connectivity index (χ0n) is 16.8. The average molecular weight is 399 g/mol. The maximum absolute atomic E-state index is 12.7. The van der Waals surface area contributed by atoms with E-state index in [-0.39, 0.29) is 17.5 Å². The second-order valence-corrected chi connectivity index (χ2v) is 6.99. The molecule has 0 radical (unpaired) electrons. The molecule has 2 amide bonds. The van der Waals surface area contributed by atoms with Gasteiger partial charge in [-0.1, -0.05) is 12.1 Å². The maximum atomic E-state index is 12.7. The van der Waals surface area contributed by atoms with Crippen molar-refractivity contribution in [3.63, 3.8) is 0 Å². The quantitative estimate of drug-likeness (QED) is 0.757. The van der Waals surface area contributed by atoms with E-state index in [4.69, 9.17) is 4.74 Å². The molecule has 29 heavy (non-hydrogen) atoms. The van der Waals surface area contributed by atoms with E-state index in [0.29, 0.717) is 30.9 Å².